The van der Waals surface area contributed by atoms with Crippen LogP contribution in [-0.2, 0) is 6.42 Å². The average Bonchev–Trinajstić information content (AvgIpc) is 2.81. The fourth-order valence-electron chi connectivity index (χ4n) is 4.13. The van der Waals surface area contributed by atoms with Gasteiger partial charge in [-0.3, -0.25) is 0 Å². The summed E-state index contributed by atoms with van der Waals surface area (Å²) in [4.78, 5) is 0. The highest BCUT2D eigenvalue weighted by molar-refractivity contribution is 5.84. The molecule has 3 heteroatoms. The Morgan fingerprint density at radius 1 is 0.656 bits per heavy atom. The van der Waals surface area contributed by atoms with Gasteiger partial charge in [-0.25, -0.2) is 0 Å². The molecule has 0 saturated carbocycles. The van der Waals surface area contributed by atoms with Crippen molar-refractivity contribution >= 4 is 0 Å². The van der Waals surface area contributed by atoms with Gasteiger partial charge in [-0.1, -0.05) is 113 Å². The number of ether oxygens (including phenoxy) is 1. The van der Waals surface area contributed by atoms with Crippen molar-refractivity contribution in [1.82, 2.24) is 0 Å². The van der Waals surface area contributed by atoms with E-state index in [1.54, 1.807) is 12.1 Å². The molecule has 0 aliphatic rings. The summed E-state index contributed by atoms with van der Waals surface area (Å²) < 4.78 is 29.4. The minimum atomic E-state index is -2.81. The second kappa shape index (κ2) is 13.0. The maximum atomic E-state index is 12.5. The third-order valence-corrected chi connectivity index (χ3v) is 5.88. The van der Waals surface area contributed by atoms with Gasteiger partial charge in [0.05, 0.1) is 0 Å². The molecule has 32 heavy (non-hydrogen) atoms. The molecule has 0 aliphatic heterocycles. The summed E-state index contributed by atoms with van der Waals surface area (Å²) in [6.07, 6.45) is 11.6. The summed E-state index contributed by atoms with van der Waals surface area (Å²) in [5.41, 5.74) is 5.76. The van der Waals surface area contributed by atoms with Crippen LogP contribution in [0.5, 0.6) is 5.75 Å². The molecule has 0 radical (unpaired) electrons. The third-order valence-electron chi connectivity index (χ3n) is 5.88. The first-order chi connectivity index (χ1) is 15.7. The lowest BCUT2D eigenvalue weighted by molar-refractivity contribution is -0.0498. The fourth-order valence-corrected chi connectivity index (χ4v) is 4.13. The summed E-state index contributed by atoms with van der Waals surface area (Å²) in [6.45, 7) is -0.553. The number of unbranched alkanes of at least 4 members (excludes halogenated alkanes) is 7. The SMILES string of the molecule is CCCCCCCCCCc1ccc(-c2ccc(OC(F)F)cc2)c(-c2ccccc2)c1. The standard InChI is InChI=1S/C29H34F2O/c1-2-3-4-5-6-7-8-10-13-23-16-21-27(28(22-23)24-14-11-9-12-15-24)25-17-19-26(20-18-25)32-29(30)31/h9,11-12,14-22,29H,2-8,10,13H2,1H3. The highest BCUT2D eigenvalue weighted by Crippen LogP contribution is 2.34. The van der Waals surface area contributed by atoms with Crippen LogP contribution in [0.4, 0.5) is 8.78 Å². The molecule has 0 saturated heterocycles. The van der Waals surface area contributed by atoms with Gasteiger partial charge in [0, 0.05) is 0 Å². The zero-order chi connectivity index (χ0) is 22.6. The third kappa shape index (κ3) is 7.47. The first kappa shape index (κ1) is 24.0. The van der Waals surface area contributed by atoms with Gasteiger partial charge in [0.1, 0.15) is 5.75 Å². The van der Waals surface area contributed by atoms with Gasteiger partial charge in [0.15, 0.2) is 0 Å². The van der Waals surface area contributed by atoms with Crippen molar-refractivity contribution in [1.29, 1.82) is 0 Å². The van der Waals surface area contributed by atoms with Gasteiger partial charge >= 0.3 is 6.61 Å². The van der Waals surface area contributed by atoms with Crippen molar-refractivity contribution in [2.45, 2.75) is 71.3 Å². The molecular formula is C29H34F2O. The van der Waals surface area contributed by atoms with Crippen LogP contribution >= 0.6 is 0 Å². The van der Waals surface area contributed by atoms with Crippen LogP contribution in [0.15, 0.2) is 72.8 Å². The monoisotopic (exact) mass is 436 g/mol. The van der Waals surface area contributed by atoms with E-state index in [1.165, 1.54) is 62.5 Å². The maximum absolute atomic E-state index is 12.5. The summed E-state index contributed by atoms with van der Waals surface area (Å²) in [6, 6.07) is 23.9. The number of rotatable bonds is 13. The summed E-state index contributed by atoms with van der Waals surface area (Å²) in [5.74, 6) is 0.177. The van der Waals surface area contributed by atoms with Crippen molar-refractivity contribution in [3.05, 3.63) is 78.4 Å². The van der Waals surface area contributed by atoms with Crippen LogP contribution in [0.3, 0.4) is 0 Å². The normalized spacial score (nSPS) is 11.1. The Hall–Kier alpha value is -2.68. The Morgan fingerprint density at radius 3 is 1.94 bits per heavy atom. The molecule has 0 amide bonds. The summed E-state index contributed by atoms with van der Waals surface area (Å²) >= 11 is 0. The molecular weight excluding hydrogens is 402 g/mol. The van der Waals surface area contributed by atoms with Gasteiger partial charge in [-0.05, 0) is 52.8 Å². The summed E-state index contributed by atoms with van der Waals surface area (Å²) in [7, 11) is 0. The van der Waals surface area contributed by atoms with E-state index in [4.69, 9.17) is 0 Å². The van der Waals surface area contributed by atoms with E-state index in [1.807, 2.05) is 30.3 Å². The molecule has 3 aromatic rings. The smallest absolute Gasteiger partial charge is 0.387 e. The molecule has 0 aliphatic carbocycles. The lowest BCUT2D eigenvalue weighted by atomic mass is 9.91. The Balaban J connectivity index is 1.70. The Kier molecular flexibility index (Phi) is 9.74. The van der Waals surface area contributed by atoms with E-state index in [2.05, 4.69) is 42.0 Å². The minimum absolute atomic E-state index is 0.177. The minimum Gasteiger partial charge on any atom is -0.435 e. The lowest BCUT2D eigenvalue weighted by Gasteiger charge is -2.14. The molecule has 0 atom stereocenters. The van der Waals surface area contributed by atoms with E-state index in [0.717, 1.165) is 23.1 Å². The first-order valence-corrected chi connectivity index (χ1v) is 11.9. The molecule has 1 nitrogen and oxygen atoms in total. The lowest BCUT2D eigenvalue weighted by Crippen LogP contribution is -2.01. The van der Waals surface area contributed by atoms with Crippen LogP contribution in [0.2, 0.25) is 0 Å². The van der Waals surface area contributed by atoms with Crippen molar-refractivity contribution < 1.29 is 13.5 Å². The predicted octanol–water partition coefficient (Wildman–Crippen LogP) is 9.31. The molecule has 0 unspecified atom stereocenters. The first-order valence-electron chi connectivity index (χ1n) is 11.9. The van der Waals surface area contributed by atoms with Crippen LogP contribution in [0.25, 0.3) is 22.3 Å². The number of halogens is 2. The average molecular weight is 437 g/mol. The predicted molar refractivity (Wildman–Crippen MR) is 130 cm³/mol. The van der Waals surface area contributed by atoms with Gasteiger partial charge in [0.2, 0.25) is 0 Å². The van der Waals surface area contributed by atoms with Crippen molar-refractivity contribution in [2.24, 2.45) is 0 Å². The molecule has 0 aromatic heterocycles. The van der Waals surface area contributed by atoms with E-state index in [9.17, 15) is 8.78 Å². The molecule has 170 valence electrons. The van der Waals surface area contributed by atoms with E-state index in [-0.39, 0.29) is 5.75 Å². The van der Waals surface area contributed by atoms with E-state index < -0.39 is 6.61 Å². The van der Waals surface area contributed by atoms with Gasteiger partial charge in [-0.2, -0.15) is 8.78 Å². The van der Waals surface area contributed by atoms with Crippen molar-refractivity contribution in [3.8, 4) is 28.0 Å². The molecule has 3 rings (SSSR count). The van der Waals surface area contributed by atoms with Crippen molar-refractivity contribution in [2.75, 3.05) is 0 Å². The van der Waals surface area contributed by atoms with Crippen LogP contribution in [0, 0.1) is 0 Å². The van der Waals surface area contributed by atoms with Gasteiger partial charge < -0.3 is 4.74 Å². The Bertz CT molecular complexity index is 920. The number of alkyl halides is 2. The topological polar surface area (TPSA) is 9.23 Å². The highest BCUT2D eigenvalue weighted by Gasteiger charge is 2.10. The van der Waals surface area contributed by atoms with Crippen LogP contribution < -0.4 is 4.74 Å². The Morgan fingerprint density at radius 2 is 1.28 bits per heavy atom. The zero-order valence-electron chi connectivity index (χ0n) is 19.0. The largest absolute Gasteiger partial charge is 0.435 e. The maximum Gasteiger partial charge on any atom is 0.387 e. The molecule has 0 fully saturated rings. The number of hydrogen-bond acceptors (Lipinski definition) is 1. The van der Waals surface area contributed by atoms with Gasteiger partial charge in [-0.15, -0.1) is 0 Å². The Labute approximate surface area is 191 Å². The number of aryl methyl sites for hydroxylation is 1. The quantitative estimate of drug-likeness (QED) is 0.243. The molecule has 0 spiro atoms. The fraction of sp³-hybridized carbons (Fsp3) is 0.379. The molecule has 3 aromatic carbocycles. The number of hydrogen-bond donors (Lipinski definition) is 0. The molecule has 0 bridgehead atoms. The summed E-state index contributed by atoms with van der Waals surface area (Å²) in [5, 5.41) is 0. The van der Waals surface area contributed by atoms with Crippen LogP contribution in [-0.4, -0.2) is 6.61 Å². The number of benzene rings is 3. The second-order valence-corrected chi connectivity index (χ2v) is 8.37. The molecule has 0 N–H and O–H groups in total. The van der Waals surface area contributed by atoms with E-state index >= 15 is 0 Å². The van der Waals surface area contributed by atoms with Crippen LogP contribution in [0.1, 0.15) is 63.9 Å². The van der Waals surface area contributed by atoms with Gasteiger partial charge in [0.25, 0.3) is 0 Å². The van der Waals surface area contributed by atoms with Crippen molar-refractivity contribution in [3.63, 3.8) is 0 Å². The second-order valence-electron chi connectivity index (χ2n) is 8.37. The van der Waals surface area contributed by atoms with E-state index in [0.29, 0.717) is 0 Å². The zero-order valence-corrected chi connectivity index (χ0v) is 19.0. The highest BCUT2D eigenvalue weighted by atomic mass is 19.3. The molecule has 0 heterocycles.